The van der Waals surface area contributed by atoms with Crippen molar-refractivity contribution in [3.63, 3.8) is 0 Å². The number of hydrogen-bond acceptors (Lipinski definition) is 2. The minimum absolute atomic E-state index is 0.0520. The molecule has 2 heteroatoms. The Kier molecular flexibility index (Phi) is 2.27. The Hall–Kier alpha value is -0.790. The number of hydrogen-bond donors (Lipinski definition) is 0. The van der Waals surface area contributed by atoms with Gasteiger partial charge in [0, 0.05) is 12.0 Å². The minimum Gasteiger partial charge on any atom is -0.458 e. The number of esters is 1. The van der Waals surface area contributed by atoms with Gasteiger partial charge in [0.2, 0.25) is 0 Å². The summed E-state index contributed by atoms with van der Waals surface area (Å²) in [5.41, 5.74) is 0.871. The Morgan fingerprint density at radius 1 is 1.50 bits per heavy atom. The summed E-state index contributed by atoms with van der Waals surface area (Å²) in [6.07, 6.45) is 2.66. The van der Waals surface area contributed by atoms with Crippen LogP contribution in [0.3, 0.4) is 0 Å². The Morgan fingerprint density at radius 2 is 2.08 bits per heavy atom. The molecule has 1 saturated heterocycles. The van der Waals surface area contributed by atoms with Gasteiger partial charge in [0.05, 0.1) is 0 Å². The van der Waals surface area contributed by atoms with Gasteiger partial charge >= 0.3 is 5.97 Å². The maximum absolute atomic E-state index is 11.2. The molecule has 0 aliphatic carbocycles. The number of ether oxygens (including phenoxy) is 1. The van der Waals surface area contributed by atoms with E-state index < -0.39 is 0 Å². The fourth-order valence-corrected chi connectivity index (χ4v) is 1.25. The number of allylic oxidation sites excluding steroid dienone is 1. The highest BCUT2D eigenvalue weighted by molar-refractivity contribution is 5.90. The molecule has 0 aromatic heterocycles. The lowest BCUT2D eigenvalue weighted by Crippen LogP contribution is -2.25. The SMILES string of the molecule is C/C=C1\CC(C(C)(C)C)OC1=O. The van der Waals surface area contributed by atoms with Gasteiger partial charge in [-0.3, -0.25) is 0 Å². The summed E-state index contributed by atoms with van der Waals surface area (Å²) in [7, 11) is 0. The van der Waals surface area contributed by atoms with Crippen LogP contribution in [0.4, 0.5) is 0 Å². The molecule has 0 spiro atoms. The molecule has 0 amide bonds. The first-order valence-corrected chi connectivity index (χ1v) is 4.31. The minimum atomic E-state index is -0.141. The highest BCUT2D eigenvalue weighted by atomic mass is 16.6. The third kappa shape index (κ3) is 1.68. The Bertz CT molecular complexity index is 220. The van der Waals surface area contributed by atoms with Gasteiger partial charge in [-0.2, -0.15) is 0 Å². The van der Waals surface area contributed by atoms with Gasteiger partial charge < -0.3 is 4.74 Å². The fourth-order valence-electron chi connectivity index (χ4n) is 1.25. The van der Waals surface area contributed by atoms with E-state index in [0.717, 1.165) is 12.0 Å². The highest BCUT2D eigenvalue weighted by Crippen LogP contribution is 2.33. The number of carbonyl (C=O) groups is 1. The van der Waals surface area contributed by atoms with Crippen LogP contribution < -0.4 is 0 Å². The summed E-state index contributed by atoms with van der Waals surface area (Å²) >= 11 is 0. The molecule has 0 aromatic carbocycles. The van der Waals surface area contributed by atoms with E-state index in [1.54, 1.807) is 0 Å². The van der Waals surface area contributed by atoms with Crippen LogP contribution in [-0.4, -0.2) is 12.1 Å². The average Bonchev–Trinajstić information content (AvgIpc) is 2.29. The normalized spacial score (nSPS) is 27.8. The van der Waals surface area contributed by atoms with E-state index >= 15 is 0 Å². The molecule has 2 nitrogen and oxygen atoms in total. The zero-order chi connectivity index (χ0) is 9.35. The zero-order valence-electron chi connectivity index (χ0n) is 8.18. The standard InChI is InChI=1S/C10H16O2/c1-5-7-6-8(10(2,3)4)12-9(7)11/h5,8H,6H2,1-4H3/b7-5+. The lowest BCUT2D eigenvalue weighted by molar-refractivity contribution is -0.142. The van der Waals surface area contributed by atoms with Gasteiger partial charge in [-0.25, -0.2) is 4.79 Å². The molecule has 0 radical (unpaired) electrons. The summed E-state index contributed by atoms with van der Waals surface area (Å²) in [6, 6.07) is 0. The lowest BCUT2D eigenvalue weighted by Gasteiger charge is -2.24. The Labute approximate surface area is 73.6 Å². The molecule has 68 valence electrons. The molecule has 1 unspecified atom stereocenters. The van der Waals surface area contributed by atoms with Crippen LogP contribution in [0.5, 0.6) is 0 Å². The molecule has 0 N–H and O–H groups in total. The molecule has 1 fully saturated rings. The van der Waals surface area contributed by atoms with E-state index in [-0.39, 0.29) is 17.5 Å². The molecule has 1 heterocycles. The summed E-state index contributed by atoms with van der Waals surface area (Å²) < 4.78 is 5.22. The monoisotopic (exact) mass is 168 g/mol. The average molecular weight is 168 g/mol. The van der Waals surface area contributed by atoms with Crippen molar-refractivity contribution in [1.29, 1.82) is 0 Å². The van der Waals surface area contributed by atoms with E-state index in [9.17, 15) is 4.79 Å². The van der Waals surface area contributed by atoms with Gasteiger partial charge in [0.25, 0.3) is 0 Å². The van der Waals surface area contributed by atoms with Crippen LogP contribution in [0.25, 0.3) is 0 Å². The second-order valence-electron chi connectivity index (χ2n) is 4.28. The first-order valence-electron chi connectivity index (χ1n) is 4.31. The molecule has 0 bridgehead atoms. The second-order valence-corrected chi connectivity index (χ2v) is 4.28. The molecule has 12 heavy (non-hydrogen) atoms. The second kappa shape index (κ2) is 2.92. The molecule has 1 aliphatic heterocycles. The zero-order valence-corrected chi connectivity index (χ0v) is 8.18. The van der Waals surface area contributed by atoms with Crippen molar-refractivity contribution in [2.45, 2.75) is 40.2 Å². The molecular formula is C10H16O2. The van der Waals surface area contributed by atoms with Crippen LogP contribution in [0.2, 0.25) is 0 Å². The van der Waals surface area contributed by atoms with Gasteiger partial charge in [-0.1, -0.05) is 26.8 Å². The van der Waals surface area contributed by atoms with E-state index in [4.69, 9.17) is 4.74 Å². The van der Waals surface area contributed by atoms with E-state index in [1.165, 1.54) is 0 Å². The Balaban J connectivity index is 2.74. The molecule has 1 aliphatic rings. The van der Waals surface area contributed by atoms with Gasteiger partial charge in [0.1, 0.15) is 6.10 Å². The molecule has 0 aromatic rings. The third-order valence-corrected chi connectivity index (χ3v) is 2.23. The van der Waals surface area contributed by atoms with Crippen molar-refractivity contribution in [3.8, 4) is 0 Å². The van der Waals surface area contributed by atoms with E-state index in [0.29, 0.717) is 0 Å². The van der Waals surface area contributed by atoms with Crippen LogP contribution in [0, 0.1) is 5.41 Å². The van der Waals surface area contributed by atoms with Crippen molar-refractivity contribution in [2.75, 3.05) is 0 Å². The highest BCUT2D eigenvalue weighted by Gasteiger charge is 2.36. The number of rotatable bonds is 0. The summed E-state index contributed by atoms with van der Waals surface area (Å²) in [6.45, 7) is 8.14. The van der Waals surface area contributed by atoms with Gasteiger partial charge in [0.15, 0.2) is 0 Å². The largest absolute Gasteiger partial charge is 0.458 e. The van der Waals surface area contributed by atoms with E-state index in [1.807, 2.05) is 13.0 Å². The molecule has 1 atom stereocenters. The quantitative estimate of drug-likeness (QED) is 0.410. The molecule has 1 rings (SSSR count). The van der Waals surface area contributed by atoms with Crippen molar-refractivity contribution in [3.05, 3.63) is 11.6 Å². The lowest BCUT2D eigenvalue weighted by atomic mass is 9.87. The van der Waals surface area contributed by atoms with Crippen molar-refractivity contribution in [2.24, 2.45) is 5.41 Å². The van der Waals surface area contributed by atoms with Gasteiger partial charge in [-0.05, 0) is 12.3 Å². The first kappa shape index (κ1) is 9.30. The summed E-state index contributed by atoms with van der Waals surface area (Å²) in [5.74, 6) is -0.141. The predicted octanol–water partition coefficient (Wildman–Crippen LogP) is 2.29. The summed E-state index contributed by atoms with van der Waals surface area (Å²) in [5, 5.41) is 0. The maximum atomic E-state index is 11.2. The smallest absolute Gasteiger partial charge is 0.334 e. The first-order chi connectivity index (χ1) is 5.45. The maximum Gasteiger partial charge on any atom is 0.334 e. The van der Waals surface area contributed by atoms with E-state index in [2.05, 4.69) is 20.8 Å². The van der Waals surface area contributed by atoms with Crippen LogP contribution in [0.15, 0.2) is 11.6 Å². The molecule has 0 saturated carbocycles. The van der Waals surface area contributed by atoms with Crippen LogP contribution in [-0.2, 0) is 9.53 Å². The fraction of sp³-hybridized carbons (Fsp3) is 0.700. The van der Waals surface area contributed by atoms with Crippen molar-refractivity contribution >= 4 is 5.97 Å². The van der Waals surface area contributed by atoms with Crippen molar-refractivity contribution in [1.82, 2.24) is 0 Å². The molecular weight excluding hydrogens is 152 g/mol. The van der Waals surface area contributed by atoms with Crippen LogP contribution >= 0.6 is 0 Å². The number of carbonyl (C=O) groups excluding carboxylic acids is 1. The summed E-state index contributed by atoms with van der Waals surface area (Å²) in [4.78, 5) is 11.2. The van der Waals surface area contributed by atoms with Crippen LogP contribution in [0.1, 0.15) is 34.1 Å². The van der Waals surface area contributed by atoms with Gasteiger partial charge in [-0.15, -0.1) is 0 Å². The van der Waals surface area contributed by atoms with Crippen molar-refractivity contribution < 1.29 is 9.53 Å². The Morgan fingerprint density at radius 3 is 2.33 bits per heavy atom. The predicted molar refractivity (Wildman–Crippen MR) is 47.7 cm³/mol. The number of cyclic esters (lactones) is 1. The third-order valence-electron chi connectivity index (χ3n) is 2.23. The topological polar surface area (TPSA) is 26.3 Å².